The Kier molecular flexibility index (Phi) is 3.19. The molecule has 0 spiro atoms. The lowest BCUT2D eigenvalue weighted by atomic mass is 10.0. The monoisotopic (exact) mass is 242 g/mol. The van der Waals surface area contributed by atoms with Gasteiger partial charge in [0.2, 0.25) is 0 Å². The van der Waals surface area contributed by atoms with Crippen LogP contribution in [0.3, 0.4) is 0 Å². The van der Waals surface area contributed by atoms with Crippen molar-refractivity contribution in [3.8, 4) is 16.9 Å². The molecule has 0 aromatic heterocycles. The molecular formula is C14H14N2O2. The van der Waals surface area contributed by atoms with E-state index in [1.165, 1.54) is 6.92 Å². The van der Waals surface area contributed by atoms with Crippen molar-refractivity contribution in [1.29, 1.82) is 0 Å². The Labute approximate surface area is 105 Å². The zero-order valence-electron chi connectivity index (χ0n) is 10.0. The summed E-state index contributed by atoms with van der Waals surface area (Å²) in [5, 5.41) is 0. The summed E-state index contributed by atoms with van der Waals surface area (Å²) >= 11 is 0. The van der Waals surface area contributed by atoms with Crippen LogP contribution in [0.25, 0.3) is 11.1 Å². The molecule has 0 atom stereocenters. The highest BCUT2D eigenvalue weighted by atomic mass is 16.5. The summed E-state index contributed by atoms with van der Waals surface area (Å²) in [6.45, 7) is 1.35. The molecule has 0 aliphatic carbocycles. The first kappa shape index (κ1) is 12.0. The van der Waals surface area contributed by atoms with E-state index in [4.69, 9.17) is 16.2 Å². The zero-order chi connectivity index (χ0) is 13.1. The molecular weight excluding hydrogens is 228 g/mol. The first-order valence-corrected chi connectivity index (χ1v) is 5.50. The SMILES string of the molecule is CC(=O)Oc1cc(N)ccc1-c1cccc(N)c1. The van der Waals surface area contributed by atoms with E-state index in [0.717, 1.165) is 11.1 Å². The smallest absolute Gasteiger partial charge is 0.308 e. The van der Waals surface area contributed by atoms with Crippen LogP contribution in [-0.2, 0) is 4.79 Å². The van der Waals surface area contributed by atoms with E-state index in [1.54, 1.807) is 18.2 Å². The standard InChI is InChI=1S/C14H14N2O2/c1-9(17)18-14-8-12(16)5-6-13(14)10-3-2-4-11(15)7-10/h2-8H,15-16H2,1H3. The maximum absolute atomic E-state index is 11.1. The average Bonchev–Trinajstić information content (AvgIpc) is 2.28. The molecule has 4 heteroatoms. The van der Waals surface area contributed by atoms with Crippen LogP contribution >= 0.6 is 0 Å². The van der Waals surface area contributed by atoms with Crippen LogP contribution in [0, 0.1) is 0 Å². The van der Waals surface area contributed by atoms with Gasteiger partial charge in [-0.25, -0.2) is 0 Å². The van der Waals surface area contributed by atoms with E-state index >= 15 is 0 Å². The predicted octanol–water partition coefficient (Wildman–Crippen LogP) is 2.44. The molecule has 4 nitrogen and oxygen atoms in total. The first-order valence-electron chi connectivity index (χ1n) is 5.50. The highest BCUT2D eigenvalue weighted by molar-refractivity contribution is 5.79. The summed E-state index contributed by atoms with van der Waals surface area (Å²) in [5.74, 6) is 0.0545. The van der Waals surface area contributed by atoms with E-state index in [1.807, 2.05) is 24.3 Å². The topological polar surface area (TPSA) is 78.3 Å². The van der Waals surface area contributed by atoms with Gasteiger partial charge in [-0.1, -0.05) is 12.1 Å². The van der Waals surface area contributed by atoms with E-state index in [0.29, 0.717) is 17.1 Å². The molecule has 2 aromatic carbocycles. The van der Waals surface area contributed by atoms with E-state index in [9.17, 15) is 4.79 Å². The van der Waals surface area contributed by atoms with Gasteiger partial charge in [0.15, 0.2) is 0 Å². The van der Waals surface area contributed by atoms with Crippen molar-refractivity contribution in [2.75, 3.05) is 11.5 Å². The average molecular weight is 242 g/mol. The number of benzene rings is 2. The van der Waals surface area contributed by atoms with Gasteiger partial charge in [0, 0.05) is 29.9 Å². The fourth-order valence-electron chi connectivity index (χ4n) is 1.72. The third kappa shape index (κ3) is 2.60. The number of carbonyl (C=O) groups is 1. The van der Waals surface area contributed by atoms with E-state index in [2.05, 4.69) is 0 Å². The summed E-state index contributed by atoms with van der Waals surface area (Å²) in [4.78, 5) is 11.1. The molecule has 2 aromatic rings. The second-order valence-electron chi connectivity index (χ2n) is 3.97. The fourth-order valence-corrected chi connectivity index (χ4v) is 1.72. The fraction of sp³-hybridized carbons (Fsp3) is 0.0714. The molecule has 0 amide bonds. The van der Waals surface area contributed by atoms with E-state index in [-0.39, 0.29) is 5.97 Å². The molecule has 4 N–H and O–H groups in total. The molecule has 0 aliphatic rings. The van der Waals surface area contributed by atoms with Crippen LogP contribution < -0.4 is 16.2 Å². The maximum Gasteiger partial charge on any atom is 0.308 e. The molecule has 2 rings (SSSR count). The number of nitrogens with two attached hydrogens (primary N) is 2. The summed E-state index contributed by atoms with van der Waals surface area (Å²) in [6.07, 6.45) is 0. The lowest BCUT2D eigenvalue weighted by molar-refractivity contribution is -0.131. The minimum Gasteiger partial charge on any atom is -0.426 e. The van der Waals surface area contributed by atoms with Gasteiger partial charge in [-0.2, -0.15) is 0 Å². The lowest BCUT2D eigenvalue weighted by Crippen LogP contribution is -2.03. The summed E-state index contributed by atoms with van der Waals surface area (Å²) in [7, 11) is 0. The highest BCUT2D eigenvalue weighted by Crippen LogP contribution is 2.32. The number of nitrogen functional groups attached to an aromatic ring is 2. The largest absolute Gasteiger partial charge is 0.426 e. The Hall–Kier alpha value is -2.49. The molecule has 0 fully saturated rings. The number of anilines is 2. The number of esters is 1. The molecule has 0 aliphatic heterocycles. The van der Waals surface area contributed by atoms with Crippen LogP contribution in [0.1, 0.15) is 6.92 Å². The molecule has 0 heterocycles. The van der Waals surface area contributed by atoms with Crippen molar-refractivity contribution in [1.82, 2.24) is 0 Å². The lowest BCUT2D eigenvalue weighted by Gasteiger charge is -2.10. The van der Waals surface area contributed by atoms with Crippen LogP contribution in [0.4, 0.5) is 11.4 Å². The molecule has 0 saturated carbocycles. The summed E-state index contributed by atoms with van der Waals surface area (Å²) in [6, 6.07) is 12.5. The third-order valence-electron chi connectivity index (χ3n) is 2.46. The van der Waals surface area contributed by atoms with Gasteiger partial charge in [-0.05, 0) is 29.8 Å². The van der Waals surface area contributed by atoms with Crippen molar-refractivity contribution >= 4 is 17.3 Å². The maximum atomic E-state index is 11.1. The van der Waals surface area contributed by atoms with Crippen molar-refractivity contribution < 1.29 is 9.53 Å². The molecule has 0 saturated heterocycles. The normalized spacial score (nSPS) is 10.1. The van der Waals surface area contributed by atoms with Crippen molar-refractivity contribution in [2.45, 2.75) is 6.92 Å². The van der Waals surface area contributed by atoms with Crippen LogP contribution in [0.2, 0.25) is 0 Å². The van der Waals surface area contributed by atoms with Gasteiger partial charge in [-0.15, -0.1) is 0 Å². The summed E-state index contributed by atoms with van der Waals surface area (Å²) < 4.78 is 5.16. The van der Waals surface area contributed by atoms with Crippen LogP contribution in [0.5, 0.6) is 5.75 Å². The Morgan fingerprint density at radius 3 is 2.44 bits per heavy atom. The number of rotatable bonds is 2. The Balaban J connectivity index is 2.52. The number of carbonyl (C=O) groups excluding carboxylic acids is 1. The first-order chi connectivity index (χ1) is 8.56. The second kappa shape index (κ2) is 4.79. The molecule has 92 valence electrons. The van der Waals surface area contributed by atoms with Crippen molar-refractivity contribution in [3.05, 3.63) is 42.5 Å². The quantitative estimate of drug-likeness (QED) is 0.481. The Bertz CT molecular complexity index is 594. The minimum atomic E-state index is -0.384. The zero-order valence-corrected chi connectivity index (χ0v) is 10.0. The summed E-state index contributed by atoms with van der Waals surface area (Å²) in [5.41, 5.74) is 14.3. The molecule has 0 bridgehead atoms. The Morgan fingerprint density at radius 1 is 1.06 bits per heavy atom. The van der Waals surface area contributed by atoms with Crippen LogP contribution in [-0.4, -0.2) is 5.97 Å². The number of ether oxygens (including phenoxy) is 1. The van der Waals surface area contributed by atoms with Gasteiger partial charge >= 0.3 is 5.97 Å². The number of hydrogen-bond donors (Lipinski definition) is 2. The number of hydrogen-bond acceptors (Lipinski definition) is 4. The van der Waals surface area contributed by atoms with Crippen molar-refractivity contribution in [3.63, 3.8) is 0 Å². The molecule has 18 heavy (non-hydrogen) atoms. The van der Waals surface area contributed by atoms with Gasteiger partial charge in [0.25, 0.3) is 0 Å². The minimum absolute atomic E-state index is 0.384. The van der Waals surface area contributed by atoms with Crippen molar-refractivity contribution in [2.24, 2.45) is 0 Å². The second-order valence-corrected chi connectivity index (χ2v) is 3.97. The van der Waals surface area contributed by atoms with Gasteiger partial charge in [-0.3, -0.25) is 4.79 Å². The van der Waals surface area contributed by atoms with Gasteiger partial charge in [0.1, 0.15) is 5.75 Å². The molecule has 0 unspecified atom stereocenters. The van der Waals surface area contributed by atoms with Gasteiger partial charge in [0.05, 0.1) is 0 Å². The molecule has 0 radical (unpaired) electrons. The third-order valence-corrected chi connectivity index (χ3v) is 2.46. The van der Waals surface area contributed by atoms with Crippen LogP contribution in [0.15, 0.2) is 42.5 Å². The highest BCUT2D eigenvalue weighted by Gasteiger charge is 2.09. The predicted molar refractivity (Wildman–Crippen MR) is 72.0 cm³/mol. The van der Waals surface area contributed by atoms with E-state index < -0.39 is 0 Å². The van der Waals surface area contributed by atoms with Gasteiger partial charge < -0.3 is 16.2 Å². The Morgan fingerprint density at radius 2 is 1.78 bits per heavy atom.